The molecule has 152 valence electrons. The molecule has 7 heteroatoms. The third kappa shape index (κ3) is 3.63. The number of nitrogens with one attached hydrogen (secondary N) is 2. The zero-order valence-corrected chi connectivity index (χ0v) is 16.4. The summed E-state index contributed by atoms with van der Waals surface area (Å²) in [6.07, 6.45) is 7.85. The van der Waals surface area contributed by atoms with Gasteiger partial charge in [-0.3, -0.25) is 19.9 Å². The first kappa shape index (κ1) is 19.5. The van der Waals surface area contributed by atoms with Gasteiger partial charge in [0.2, 0.25) is 5.91 Å². The van der Waals surface area contributed by atoms with Gasteiger partial charge in [0.15, 0.2) is 0 Å². The average molecular weight is 394 g/mol. The van der Waals surface area contributed by atoms with Crippen LogP contribution in [-0.2, 0) is 17.8 Å². The van der Waals surface area contributed by atoms with Crippen molar-refractivity contribution in [1.29, 1.82) is 0 Å². The lowest BCUT2D eigenvalue weighted by Gasteiger charge is -2.21. The second-order valence-electron chi connectivity index (χ2n) is 7.66. The van der Waals surface area contributed by atoms with E-state index in [1.54, 1.807) is 23.0 Å². The normalized spacial score (nSPS) is 25.2. The van der Waals surface area contributed by atoms with Gasteiger partial charge in [-0.15, -0.1) is 0 Å². The largest absolute Gasteiger partial charge is 0.396 e. The molecule has 7 nitrogen and oxygen atoms in total. The van der Waals surface area contributed by atoms with E-state index >= 15 is 0 Å². The van der Waals surface area contributed by atoms with E-state index in [1.807, 2.05) is 37.3 Å². The van der Waals surface area contributed by atoms with Crippen LogP contribution in [0.15, 0.2) is 47.5 Å². The van der Waals surface area contributed by atoms with E-state index in [9.17, 15) is 14.7 Å². The maximum atomic E-state index is 12.8. The van der Waals surface area contributed by atoms with Gasteiger partial charge in [-0.2, -0.15) is 0 Å². The van der Waals surface area contributed by atoms with Crippen LogP contribution in [0.2, 0.25) is 0 Å². The van der Waals surface area contributed by atoms with E-state index in [1.165, 1.54) is 0 Å². The molecular formula is C22H26N4O3. The van der Waals surface area contributed by atoms with Crippen molar-refractivity contribution in [3.8, 4) is 0 Å². The summed E-state index contributed by atoms with van der Waals surface area (Å²) in [6.45, 7) is 2.83. The first-order chi connectivity index (χ1) is 14.1. The highest BCUT2D eigenvalue weighted by Gasteiger charge is 2.50. The topological polar surface area (TPSA) is 96.2 Å². The molecule has 4 rings (SSSR count). The molecular weight excluding hydrogens is 368 g/mol. The molecule has 1 fully saturated rings. The van der Waals surface area contributed by atoms with Crippen LogP contribution in [0.3, 0.4) is 0 Å². The second kappa shape index (κ2) is 8.31. The first-order valence-electron chi connectivity index (χ1n) is 10.0. The van der Waals surface area contributed by atoms with Gasteiger partial charge >= 0.3 is 0 Å². The predicted octanol–water partition coefficient (Wildman–Crippen LogP) is 0.886. The molecule has 4 atom stereocenters. The lowest BCUT2D eigenvalue weighted by molar-refractivity contribution is -0.124. The minimum Gasteiger partial charge on any atom is -0.396 e. The van der Waals surface area contributed by atoms with Crippen LogP contribution in [0.4, 0.5) is 0 Å². The molecule has 0 aliphatic carbocycles. The van der Waals surface area contributed by atoms with Gasteiger partial charge in [0.05, 0.1) is 12.1 Å². The number of fused-ring (bicyclic) bond motifs is 3. The van der Waals surface area contributed by atoms with Gasteiger partial charge in [0, 0.05) is 55.2 Å². The number of amides is 1. The number of aliphatic hydroxyl groups is 1. The van der Waals surface area contributed by atoms with E-state index in [0.717, 1.165) is 17.7 Å². The summed E-state index contributed by atoms with van der Waals surface area (Å²) in [7, 11) is 0. The Hall–Kier alpha value is -2.77. The molecule has 2 aromatic heterocycles. The number of hydrogen-bond donors (Lipinski definition) is 3. The zero-order chi connectivity index (χ0) is 20.4. The van der Waals surface area contributed by atoms with E-state index < -0.39 is 6.04 Å². The van der Waals surface area contributed by atoms with Gasteiger partial charge in [0.25, 0.3) is 5.56 Å². The van der Waals surface area contributed by atoms with Gasteiger partial charge in [-0.25, -0.2) is 0 Å². The molecule has 1 amide bonds. The number of nitrogens with zero attached hydrogens (tertiary/aromatic N) is 2. The number of aliphatic hydroxyl groups excluding tert-OH is 1. The molecule has 2 aliphatic rings. The summed E-state index contributed by atoms with van der Waals surface area (Å²) in [5.74, 6) is -0.318. The summed E-state index contributed by atoms with van der Waals surface area (Å²) in [4.78, 5) is 29.5. The number of rotatable bonds is 6. The molecule has 2 aromatic rings. The summed E-state index contributed by atoms with van der Waals surface area (Å²) >= 11 is 0. The number of carbonyl (C=O) groups is 1. The van der Waals surface area contributed by atoms with Crippen LogP contribution >= 0.6 is 0 Å². The van der Waals surface area contributed by atoms with E-state index in [2.05, 4.69) is 15.6 Å². The molecule has 0 aromatic carbocycles. The van der Waals surface area contributed by atoms with Crippen LogP contribution in [0.5, 0.6) is 0 Å². The van der Waals surface area contributed by atoms with Crippen molar-refractivity contribution < 1.29 is 9.90 Å². The third-order valence-electron chi connectivity index (χ3n) is 6.02. The predicted molar refractivity (Wildman–Crippen MR) is 110 cm³/mol. The van der Waals surface area contributed by atoms with Crippen molar-refractivity contribution in [2.24, 2.45) is 11.8 Å². The molecule has 0 saturated carbocycles. The zero-order valence-electron chi connectivity index (χ0n) is 16.4. The highest BCUT2D eigenvalue weighted by molar-refractivity contribution is 5.82. The Morgan fingerprint density at radius 1 is 1.34 bits per heavy atom. The molecule has 4 heterocycles. The third-order valence-corrected chi connectivity index (χ3v) is 6.02. The van der Waals surface area contributed by atoms with Crippen molar-refractivity contribution in [2.75, 3.05) is 13.2 Å². The summed E-state index contributed by atoms with van der Waals surface area (Å²) in [5, 5.41) is 16.4. The van der Waals surface area contributed by atoms with Crippen molar-refractivity contribution in [3.05, 3.63) is 69.9 Å². The number of allylic oxidation sites excluding steroid dienone is 1. The van der Waals surface area contributed by atoms with Gasteiger partial charge in [-0.1, -0.05) is 12.2 Å². The van der Waals surface area contributed by atoms with Crippen LogP contribution in [0.25, 0.3) is 6.08 Å². The smallest absolute Gasteiger partial charge is 0.258 e. The Balaban J connectivity index is 1.46. The van der Waals surface area contributed by atoms with Crippen molar-refractivity contribution >= 4 is 12.0 Å². The summed E-state index contributed by atoms with van der Waals surface area (Å²) in [5.41, 5.74) is 2.63. The Labute approximate surface area is 169 Å². The molecule has 0 bridgehead atoms. The molecule has 2 aliphatic heterocycles. The average Bonchev–Trinajstić information content (AvgIpc) is 3.27. The van der Waals surface area contributed by atoms with E-state index in [0.29, 0.717) is 18.7 Å². The van der Waals surface area contributed by atoms with E-state index in [4.69, 9.17) is 0 Å². The number of pyridine rings is 2. The Bertz CT molecular complexity index is 970. The van der Waals surface area contributed by atoms with Gasteiger partial charge < -0.3 is 15.0 Å². The lowest BCUT2D eigenvalue weighted by Crippen LogP contribution is -2.46. The Morgan fingerprint density at radius 2 is 2.14 bits per heavy atom. The van der Waals surface area contributed by atoms with Gasteiger partial charge in [0.1, 0.15) is 0 Å². The highest BCUT2D eigenvalue weighted by atomic mass is 16.3. The van der Waals surface area contributed by atoms with Crippen LogP contribution in [0.1, 0.15) is 29.8 Å². The Kier molecular flexibility index (Phi) is 5.60. The van der Waals surface area contributed by atoms with E-state index in [-0.39, 0.29) is 36.0 Å². The standard InChI is InChI=1S/C22H26N4O3/c1-2-3-15-4-5-18-19-16(12-26(18)22(15)29)17(13-27)20(25-19)21(28)24-11-8-14-6-9-23-10-7-14/h2-7,9-10,16-17,19-20,25,27H,8,11-13H2,1H3,(H,24,28)/b3-2+/t16-,17-,19+,20-/m0/s1. The first-order valence-corrected chi connectivity index (χ1v) is 10.0. The second-order valence-corrected chi connectivity index (χ2v) is 7.66. The molecule has 0 spiro atoms. The fraction of sp³-hybridized carbons (Fsp3) is 0.409. The minimum absolute atomic E-state index is 0.0181. The van der Waals surface area contributed by atoms with Gasteiger partial charge in [-0.05, 0) is 43.2 Å². The monoisotopic (exact) mass is 394 g/mol. The molecule has 29 heavy (non-hydrogen) atoms. The van der Waals surface area contributed by atoms with Crippen molar-refractivity contribution in [3.63, 3.8) is 0 Å². The maximum absolute atomic E-state index is 12.8. The summed E-state index contributed by atoms with van der Waals surface area (Å²) in [6, 6.07) is 7.07. The number of hydrogen-bond acceptors (Lipinski definition) is 5. The fourth-order valence-electron chi connectivity index (χ4n) is 4.57. The molecule has 0 radical (unpaired) electrons. The molecule has 0 unspecified atom stereocenters. The number of carbonyl (C=O) groups excluding carboxylic acids is 1. The van der Waals surface area contributed by atoms with Crippen LogP contribution < -0.4 is 16.2 Å². The SMILES string of the molecule is C/C=C/c1ccc2n(c1=O)C[C@H]1[C@H](CO)[C@@H](C(=O)NCCc3ccncc3)N[C@@H]21. The highest BCUT2D eigenvalue weighted by Crippen LogP contribution is 2.42. The lowest BCUT2D eigenvalue weighted by atomic mass is 9.88. The van der Waals surface area contributed by atoms with Crippen molar-refractivity contribution in [2.45, 2.75) is 32.0 Å². The fourth-order valence-corrected chi connectivity index (χ4v) is 4.57. The summed E-state index contributed by atoms with van der Waals surface area (Å²) < 4.78 is 1.78. The Morgan fingerprint density at radius 3 is 2.86 bits per heavy atom. The van der Waals surface area contributed by atoms with Crippen LogP contribution in [0, 0.1) is 11.8 Å². The van der Waals surface area contributed by atoms with Crippen LogP contribution in [-0.4, -0.2) is 39.8 Å². The number of aromatic nitrogens is 2. The van der Waals surface area contributed by atoms with Crippen molar-refractivity contribution in [1.82, 2.24) is 20.2 Å². The quantitative estimate of drug-likeness (QED) is 0.676. The molecule has 3 N–H and O–H groups in total. The maximum Gasteiger partial charge on any atom is 0.258 e. The molecule has 1 saturated heterocycles. The minimum atomic E-state index is -0.466.